The van der Waals surface area contributed by atoms with Gasteiger partial charge in [-0.3, -0.25) is 0 Å². The van der Waals surface area contributed by atoms with Crippen molar-refractivity contribution >= 4 is 22.4 Å². The van der Waals surface area contributed by atoms with E-state index >= 15 is 0 Å². The van der Waals surface area contributed by atoms with Gasteiger partial charge < -0.3 is 16.2 Å². The SMILES string of the molecule is CC(C)(CCCO)CNc1ccc(N)c2nonc12. The van der Waals surface area contributed by atoms with E-state index in [0.29, 0.717) is 16.7 Å². The van der Waals surface area contributed by atoms with Gasteiger partial charge in [0.25, 0.3) is 0 Å². The minimum Gasteiger partial charge on any atom is -0.397 e. The lowest BCUT2D eigenvalue weighted by Gasteiger charge is -2.25. The van der Waals surface area contributed by atoms with E-state index in [0.717, 1.165) is 25.1 Å². The van der Waals surface area contributed by atoms with Crippen molar-refractivity contribution in [3.05, 3.63) is 12.1 Å². The largest absolute Gasteiger partial charge is 0.397 e. The van der Waals surface area contributed by atoms with Crippen LogP contribution in [0.3, 0.4) is 0 Å². The van der Waals surface area contributed by atoms with Crippen molar-refractivity contribution in [3.63, 3.8) is 0 Å². The van der Waals surface area contributed by atoms with Gasteiger partial charge in [0, 0.05) is 13.2 Å². The highest BCUT2D eigenvalue weighted by Crippen LogP contribution is 2.28. The number of rotatable bonds is 6. The van der Waals surface area contributed by atoms with E-state index in [1.54, 1.807) is 6.07 Å². The van der Waals surface area contributed by atoms with Crippen LogP contribution in [-0.2, 0) is 0 Å². The van der Waals surface area contributed by atoms with Crippen molar-refractivity contribution in [2.75, 3.05) is 24.2 Å². The van der Waals surface area contributed by atoms with Gasteiger partial charge in [-0.05, 0) is 40.7 Å². The molecule has 1 aromatic carbocycles. The summed E-state index contributed by atoms with van der Waals surface area (Å²) in [5.41, 5.74) is 8.54. The van der Waals surface area contributed by atoms with E-state index in [1.807, 2.05) is 6.07 Å². The number of nitrogens with two attached hydrogens (primary N) is 1. The van der Waals surface area contributed by atoms with Crippen molar-refractivity contribution in [1.82, 2.24) is 10.3 Å². The average Bonchev–Trinajstić information content (AvgIpc) is 2.86. The van der Waals surface area contributed by atoms with Crippen molar-refractivity contribution in [1.29, 1.82) is 0 Å². The Balaban J connectivity index is 2.10. The van der Waals surface area contributed by atoms with Crippen LogP contribution >= 0.6 is 0 Å². The number of nitrogens with zero attached hydrogens (tertiary/aromatic N) is 2. The highest BCUT2D eigenvalue weighted by atomic mass is 16.6. The molecule has 1 aromatic heterocycles. The molecule has 0 aliphatic carbocycles. The molecular formula is C13H20N4O2. The van der Waals surface area contributed by atoms with Crippen LogP contribution in [0.4, 0.5) is 11.4 Å². The molecular weight excluding hydrogens is 244 g/mol. The zero-order valence-corrected chi connectivity index (χ0v) is 11.3. The number of anilines is 2. The summed E-state index contributed by atoms with van der Waals surface area (Å²) in [6.45, 7) is 5.32. The van der Waals surface area contributed by atoms with Crippen LogP contribution in [0.25, 0.3) is 11.0 Å². The first-order valence-electron chi connectivity index (χ1n) is 6.39. The zero-order chi connectivity index (χ0) is 13.9. The molecule has 19 heavy (non-hydrogen) atoms. The molecule has 6 heteroatoms. The number of aromatic nitrogens is 2. The second-order valence-electron chi connectivity index (χ2n) is 5.51. The summed E-state index contributed by atoms with van der Waals surface area (Å²) in [6, 6.07) is 3.67. The second-order valence-corrected chi connectivity index (χ2v) is 5.51. The molecule has 0 radical (unpaired) electrons. The number of hydrogen-bond acceptors (Lipinski definition) is 6. The Morgan fingerprint density at radius 1 is 1.32 bits per heavy atom. The topological polar surface area (TPSA) is 97.2 Å². The van der Waals surface area contributed by atoms with Gasteiger partial charge >= 0.3 is 0 Å². The van der Waals surface area contributed by atoms with E-state index in [9.17, 15) is 0 Å². The molecule has 0 spiro atoms. The Morgan fingerprint density at radius 3 is 2.79 bits per heavy atom. The summed E-state index contributed by atoms with van der Waals surface area (Å²) in [7, 11) is 0. The van der Waals surface area contributed by atoms with Gasteiger partial charge in [-0.15, -0.1) is 0 Å². The van der Waals surface area contributed by atoms with Crippen molar-refractivity contribution in [2.24, 2.45) is 5.41 Å². The maximum atomic E-state index is 8.89. The quantitative estimate of drug-likeness (QED) is 0.690. The minimum atomic E-state index is 0.0909. The van der Waals surface area contributed by atoms with Crippen molar-refractivity contribution in [2.45, 2.75) is 26.7 Å². The molecule has 0 bridgehead atoms. The third kappa shape index (κ3) is 3.14. The van der Waals surface area contributed by atoms with E-state index < -0.39 is 0 Å². The Kier molecular flexibility index (Phi) is 3.90. The molecule has 2 aromatic rings. The van der Waals surface area contributed by atoms with Gasteiger partial charge in [0.1, 0.15) is 0 Å². The average molecular weight is 264 g/mol. The molecule has 0 aliphatic rings. The molecule has 0 saturated carbocycles. The monoisotopic (exact) mass is 264 g/mol. The Labute approximate surface area is 111 Å². The number of benzene rings is 1. The fourth-order valence-electron chi connectivity index (χ4n) is 2.01. The third-order valence-electron chi connectivity index (χ3n) is 3.22. The van der Waals surface area contributed by atoms with E-state index in [-0.39, 0.29) is 12.0 Å². The van der Waals surface area contributed by atoms with E-state index in [1.165, 1.54) is 0 Å². The molecule has 0 saturated heterocycles. The molecule has 2 rings (SSSR count). The van der Waals surface area contributed by atoms with Crippen molar-refractivity contribution < 1.29 is 9.74 Å². The van der Waals surface area contributed by atoms with Gasteiger partial charge in [-0.2, -0.15) is 0 Å². The summed E-state index contributed by atoms with van der Waals surface area (Å²) >= 11 is 0. The molecule has 1 heterocycles. The number of hydrogen-bond donors (Lipinski definition) is 3. The Bertz CT molecular complexity index is 551. The predicted octanol–water partition coefficient (Wildman–Crippen LogP) is 2.02. The standard InChI is InChI=1S/C13H20N4O2/c1-13(2,6-3-7-18)8-15-10-5-4-9(14)11-12(10)17-19-16-11/h4-5,15,18H,3,6-8,14H2,1-2H3. The third-order valence-corrected chi connectivity index (χ3v) is 3.22. The van der Waals surface area contributed by atoms with Crippen LogP contribution in [0.1, 0.15) is 26.7 Å². The van der Waals surface area contributed by atoms with Crippen LogP contribution in [0.15, 0.2) is 16.8 Å². The van der Waals surface area contributed by atoms with Gasteiger partial charge in [0.2, 0.25) is 0 Å². The zero-order valence-electron chi connectivity index (χ0n) is 11.3. The predicted molar refractivity (Wildman–Crippen MR) is 74.8 cm³/mol. The van der Waals surface area contributed by atoms with Gasteiger partial charge in [-0.1, -0.05) is 13.8 Å². The molecule has 0 unspecified atom stereocenters. The number of aliphatic hydroxyl groups excluding tert-OH is 1. The number of nitrogen functional groups attached to an aromatic ring is 1. The van der Waals surface area contributed by atoms with Gasteiger partial charge in [-0.25, -0.2) is 4.63 Å². The summed E-state index contributed by atoms with van der Waals surface area (Å²) in [4.78, 5) is 0. The maximum Gasteiger partial charge on any atom is 0.160 e. The molecule has 104 valence electrons. The molecule has 4 N–H and O–H groups in total. The maximum absolute atomic E-state index is 8.89. The molecule has 0 aliphatic heterocycles. The first-order chi connectivity index (χ1) is 9.03. The molecule has 6 nitrogen and oxygen atoms in total. The second kappa shape index (κ2) is 5.44. The van der Waals surface area contributed by atoms with Crippen LogP contribution in [-0.4, -0.2) is 28.6 Å². The number of aliphatic hydroxyl groups is 1. The van der Waals surface area contributed by atoms with E-state index in [2.05, 4.69) is 29.5 Å². The molecule has 0 fully saturated rings. The smallest absolute Gasteiger partial charge is 0.160 e. The lowest BCUT2D eigenvalue weighted by atomic mass is 9.88. The fourth-order valence-corrected chi connectivity index (χ4v) is 2.01. The first-order valence-corrected chi connectivity index (χ1v) is 6.39. The lowest BCUT2D eigenvalue weighted by Crippen LogP contribution is -2.23. The highest BCUT2D eigenvalue weighted by molar-refractivity contribution is 5.94. The highest BCUT2D eigenvalue weighted by Gasteiger charge is 2.18. The minimum absolute atomic E-state index is 0.0909. The number of nitrogens with one attached hydrogen (secondary N) is 1. The summed E-state index contributed by atoms with van der Waals surface area (Å²) < 4.78 is 4.73. The Morgan fingerprint density at radius 2 is 2.05 bits per heavy atom. The number of fused-ring (bicyclic) bond motifs is 1. The van der Waals surface area contributed by atoms with Crippen molar-refractivity contribution in [3.8, 4) is 0 Å². The fraction of sp³-hybridized carbons (Fsp3) is 0.538. The first kappa shape index (κ1) is 13.6. The van der Waals surface area contributed by atoms with Crippen LogP contribution < -0.4 is 11.1 Å². The van der Waals surface area contributed by atoms with Gasteiger partial charge in [0.05, 0.1) is 11.4 Å². The van der Waals surface area contributed by atoms with Gasteiger partial charge in [0.15, 0.2) is 11.0 Å². The molecule has 0 amide bonds. The summed E-state index contributed by atoms with van der Waals surface area (Å²) in [5.74, 6) is 0. The summed E-state index contributed by atoms with van der Waals surface area (Å²) in [5, 5.41) is 19.9. The van der Waals surface area contributed by atoms with E-state index in [4.69, 9.17) is 15.5 Å². The van der Waals surface area contributed by atoms with Crippen LogP contribution in [0.2, 0.25) is 0 Å². The Hall–Kier alpha value is -1.82. The lowest BCUT2D eigenvalue weighted by molar-refractivity contribution is 0.248. The van der Waals surface area contributed by atoms with Crippen LogP contribution in [0, 0.1) is 5.41 Å². The summed E-state index contributed by atoms with van der Waals surface area (Å²) in [6.07, 6.45) is 1.75. The molecule has 0 atom stereocenters. The normalized spacial score (nSPS) is 11.9. The van der Waals surface area contributed by atoms with Crippen LogP contribution in [0.5, 0.6) is 0 Å².